The zero-order valence-electron chi connectivity index (χ0n) is 18.2. The summed E-state index contributed by atoms with van der Waals surface area (Å²) < 4.78 is 16.8. The Balaban J connectivity index is 1.36. The molecule has 33 heavy (non-hydrogen) atoms. The summed E-state index contributed by atoms with van der Waals surface area (Å²) in [6.45, 7) is 4.85. The summed E-state index contributed by atoms with van der Waals surface area (Å²) in [4.78, 5) is 12.6. The van der Waals surface area contributed by atoms with E-state index in [1.165, 1.54) is 0 Å². The van der Waals surface area contributed by atoms with Gasteiger partial charge in [-0.05, 0) is 78.7 Å². The van der Waals surface area contributed by atoms with Crippen LogP contribution >= 0.6 is 11.6 Å². The van der Waals surface area contributed by atoms with Gasteiger partial charge in [0.2, 0.25) is 0 Å². The van der Waals surface area contributed by atoms with Crippen molar-refractivity contribution in [2.75, 3.05) is 11.9 Å². The Labute approximate surface area is 197 Å². The van der Waals surface area contributed by atoms with Gasteiger partial charge in [-0.25, -0.2) is 0 Å². The molecule has 0 unspecified atom stereocenters. The summed E-state index contributed by atoms with van der Waals surface area (Å²) in [5.41, 5.74) is 1.61. The van der Waals surface area contributed by atoms with E-state index in [0.717, 1.165) is 11.3 Å². The van der Waals surface area contributed by atoms with Gasteiger partial charge in [0, 0.05) is 22.3 Å². The molecule has 4 rings (SSSR count). The molecule has 0 bridgehead atoms. The highest BCUT2D eigenvalue weighted by Crippen LogP contribution is 2.26. The molecular weight excluding hydrogens is 440 g/mol. The molecule has 1 N–H and O–H groups in total. The monoisotopic (exact) mass is 462 g/mol. The molecule has 0 aliphatic rings. The van der Waals surface area contributed by atoms with Gasteiger partial charge in [-0.2, -0.15) is 0 Å². The van der Waals surface area contributed by atoms with E-state index in [4.69, 9.17) is 25.6 Å². The van der Waals surface area contributed by atoms with E-state index < -0.39 is 0 Å². The van der Waals surface area contributed by atoms with Crippen LogP contribution in [0.25, 0.3) is 11.3 Å². The number of nitrogens with one attached hydrogen (secondary N) is 1. The molecule has 0 aliphatic heterocycles. The van der Waals surface area contributed by atoms with Crippen LogP contribution < -0.4 is 14.8 Å². The van der Waals surface area contributed by atoms with Gasteiger partial charge in [-0.15, -0.1) is 0 Å². The summed E-state index contributed by atoms with van der Waals surface area (Å²) in [5, 5.41) is 7.34. The number of carbonyl (C=O) groups is 1. The normalized spacial score (nSPS) is 10.8. The zero-order valence-corrected chi connectivity index (χ0v) is 19.0. The summed E-state index contributed by atoms with van der Waals surface area (Å²) in [5.74, 6) is 2.68. The number of ether oxygens (including phenoxy) is 2. The highest BCUT2D eigenvalue weighted by Gasteiger charge is 2.14. The molecule has 3 aromatic carbocycles. The van der Waals surface area contributed by atoms with Gasteiger partial charge in [0.1, 0.15) is 17.2 Å². The summed E-state index contributed by atoms with van der Waals surface area (Å²) in [6.07, 6.45) is 0. The fraction of sp³-hybridized carbons (Fsp3) is 0.154. The van der Waals surface area contributed by atoms with E-state index in [2.05, 4.69) is 24.3 Å². The molecule has 0 radical (unpaired) electrons. The number of rotatable bonds is 8. The minimum atomic E-state index is -0.367. The maximum atomic E-state index is 12.6. The summed E-state index contributed by atoms with van der Waals surface area (Å²) >= 11 is 5.89. The maximum absolute atomic E-state index is 12.6. The highest BCUT2D eigenvalue weighted by atomic mass is 35.5. The number of halogens is 1. The minimum Gasteiger partial charge on any atom is -0.493 e. The van der Waals surface area contributed by atoms with Crippen molar-refractivity contribution in [2.24, 2.45) is 5.92 Å². The first-order valence-electron chi connectivity index (χ1n) is 10.5. The fourth-order valence-electron chi connectivity index (χ4n) is 2.94. The Morgan fingerprint density at radius 1 is 0.939 bits per heavy atom. The second kappa shape index (κ2) is 10.2. The van der Waals surface area contributed by atoms with Crippen molar-refractivity contribution >= 4 is 23.2 Å². The lowest BCUT2D eigenvalue weighted by molar-refractivity contribution is 0.101. The smallest absolute Gasteiger partial charge is 0.277 e. The number of hydrogen-bond acceptors (Lipinski definition) is 5. The fourth-order valence-corrected chi connectivity index (χ4v) is 3.06. The van der Waals surface area contributed by atoms with Crippen molar-refractivity contribution < 1.29 is 18.8 Å². The number of amides is 1. The lowest BCUT2D eigenvalue weighted by Crippen LogP contribution is -2.11. The Bertz CT molecular complexity index is 1200. The molecule has 7 heteroatoms. The van der Waals surface area contributed by atoms with Crippen LogP contribution in [0.5, 0.6) is 17.2 Å². The van der Waals surface area contributed by atoms with E-state index in [9.17, 15) is 4.79 Å². The molecule has 0 atom stereocenters. The van der Waals surface area contributed by atoms with Crippen LogP contribution in [0.2, 0.25) is 5.02 Å². The van der Waals surface area contributed by atoms with Crippen LogP contribution in [-0.4, -0.2) is 17.7 Å². The highest BCUT2D eigenvalue weighted by molar-refractivity contribution is 6.30. The lowest BCUT2D eigenvalue weighted by Gasteiger charge is -2.08. The van der Waals surface area contributed by atoms with Crippen molar-refractivity contribution in [1.29, 1.82) is 0 Å². The van der Waals surface area contributed by atoms with E-state index in [0.29, 0.717) is 40.5 Å². The topological polar surface area (TPSA) is 73.6 Å². The first kappa shape index (κ1) is 22.4. The van der Waals surface area contributed by atoms with Crippen molar-refractivity contribution in [2.45, 2.75) is 13.8 Å². The second-order valence-corrected chi connectivity index (χ2v) is 8.28. The Kier molecular flexibility index (Phi) is 6.95. The van der Waals surface area contributed by atoms with Crippen LogP contribution in [0.4, 0.5) is 5.69 Å². The van der Waals surface area contributed by atoms with Gasteiger partial charge >= 0.3 is 0 Å². The Morgan fingerprint density at radius 2 is 1.55 bits per heavy atom. The molecule has 0 spiro atoms. The van der Waals surface area contributed by atoms with E-state index in [-0.39, 0.29) is 11.6 Å². The molecule has 4 aromatic rings. The van der Waals surface area contributed by atoms with Gasteiger partial charge in [-0.3, -0.25) is 4.79 Å². The maximum Gasteiger partial charge on any atom is 0.277 e. The first-order valence-corrected chi connectivity index (χ1v) is 10.9. The summed E-state index contributed by atoms with van der Waals surface area (Å²) in [6, 6.07) is 23.2. The van der Waals surface area contributed by atoms with Crippen LogP contribution in [0.15, 0.2) is 83.4 Å². The Hall–Kier alpha value is -3.77. The largest absolute Gasteiger partial charge is 0.493 e. The van der Waals surface area contributed by atoms with Crippen molar-refractivity contribution in [1.82, 2.24) is 5.16 Å². The van der Waals surface area contributed by atoms with Crippen LogP contribution in [0.3, 0.4) is 0 Å². The third-order valence-corrected chi connectivity index (χ3v) is 4.88. The number of carbonyl (C=O) groups excluding carboxylic acids is 1. The third-order valence-electron chi connectivity index (χ3n) is 4.63. The van der Waals surface area contributed by atoms with Crippen molar-refractivity contribution in [3.8, 4) is 28.6 Å². The summed E-state index contributed by atoms with van der Waals surface area (Å²) in [7, 11) is 0. The van der Waals surface area contributed by atoms with Gasteiger partial charge < -0.3 is 19.3 Å². The van der Waals surface area contributed by atoms with E-state index >= 15 is 0 Å². The molecule has 6 nitrogen and oxygen atoms in total. The van der Waals surface area contributed by atoms with Gasteiger partial charge in [0.15, 0.2) is 11.5 Å². The minimum absolute atomic E-state index is 0.187. The number of anilines is 1. The zero-order chi connectivity index (χ0) is 23.2. The quantitative estimate of drug-likeness (QED) is 0.303. The lowest BCUT2D eigenvalue weighted by atomic mass is 10.1. The van der Waals surface area contributed by atoms with Gasteiger partial charge in [0.05, 0.1) is 6.61 Å². The molecule has 0 aliphatic carbocycles. The SMILES string of the molecule is CC(C)COc1ccc(-c2cc(C(=O)Nc3ccc(Oc4ccc(Cl)cc4)cc3)no2)cc1. The second-order valence-electron chi connectivity index (χ2n) is 7.84. The molecule has 1 heterocycles. The number of nitrogens with zero attached hydrogens (tertiary/aromatic N) is 1. The molecular formula is C26H23ClN2O4. The van der Waals surface area contributed by atoms with Gasteiger partial charge in [-0.1, -0.05) is 30.6 Å². The molecule has 168 valence electrons. The molecule has 0 saturated heterocycles. The number of benzene rings is 3. The predicted octanol–water partition coefficient (Wildman–Crippen LogP) is 7.07. The van der Waals surface area contributed by atoms with Crippen LogP contribution in [0, 0.1) is 5.92 Å². The van der Waals surface area contributed by atoms with E-state index in [1.54, 1.807) is 54.6 Å². The van der Waals surface area contributed by atoms with Crippen molar-refractivity contribution in [3.63, 3.8) is 0 Å². The average molecular weight is 463 g/mol. The standard InChI is InChI=1S/C26H23ClN2O4/c1-17(2)16-31-21-9-3-18(4-10-21)25-15-24(29-33-25)26(30)28-20-7-13-23(14-8-20)32-22-11-5-19(27)6-12-22/h3-15,17H,16H2,1-2H3,(H,28,30). The Morgan fingerprint density at radius 3 is 2.18 bits per heavy atom. The molecule has 1 amide bonds. The van der Waals surface area contributed by atoms with Crippen molar-refractivity contribution in [3.05, 3.63) is 89.6 Å². The molecule has 1 aromatic heterocycles. The molecule has 0 fully saturated rings. The van der Waals surface area contributed by atoms with Crippen LogP contribution in [0.1, 0.15) is 24.3 Å². The van der Waals surface area contributed by atoms with Gasteiger partial charge in [0.25, 0.3) is 5.91 Å². The third kappa shape index (κ3) is 6.14. The predicted molar refractivity (Wildman–Crippen MR) is 128 cm³/mol. The number of hydrogen-bond donors (Lipinski definition) is 1. The first-order chi connectivity index (χ1) is 16.0. The average Bonchev–Trinajstić information content (AvgIpc) is 3.31. The molecule has 0 saturated carbocycles. The van der Waals surface area contributed by atoms with Crippen LogP contribution in [-0.2, 0) is 0 Å². The number of aromatic nitrogens is 1. The van der Waals surface area contributed by atoms with E-state index in [1.807, 2.05) is 24.3 Å².